The normalized spacial score (nSPS) is 25.7. The predicted molar refractivity (Wildman–Crippen MR) is 105 cm³/mol. The fraction of sp³-hybridized carbons (Fsp3) is 0.667. The average molecular weight is 359 g/mol. The van der Waals surface area contributed by atoms with Gasteiger partial charge in [-0.2, -0.15) is 11.8 Å². The van der Waals surface area contributed by atoms with E-state index in [1.807, 2.05) is 0 Å². The number of thioether (sulfide) groups is 1. The van der Waals surface area contributed by atoms with Gasteiger partial charge in [0.1, 0.15) is 0 Å². The lowest BCUT2D eigenvalue weighted by Gasteiger charge is -2.39. The van der Waals surface area contributed by atoms with Gasteiger partial charge in [0.05, 0.1) is 0 Å². The van der Waals surface area contributed by atoms with E-state index >= 15 is 0 Å². The maximum absolute atomic E-state index is 12.5. The highest BCUT2D eigenvalue weighted by molar-refractivity contribution is 7.99. The first kappa shape index (κ1) is 17.4. The Balaban J connectivity index is 1.23. The Hall–Kier alpha value is -1.00. The Labute approximate surface area is 155 Å². The second-order valence-corrected chi connectivity index (χ2v) is 9.08. The minimum atomic E-state index is 0.259. The van der Waals surface area contributed by atoms with E-state index in [4.69, 9.17) is 0 Å². The maximum Gasteiger partial charge on any atom is 0.220 e. The molecule has 4 heteroatoms. The number of amides is 1. The molecule has 0 bridgehead atoms. The number of carbonyl (C=O) groups is 1. The Kier molecular flexibility index (Phi) is 5.66. The zero-order valence-electron chi connectivity index (χ0n) is 15.1. The quantitative estimate of drug-likeness (QED) is 0.893. The summed E-state index contributed by atoms with van der Waals surface area (Å²) in [5.41, 5.74) is 2.85. The number of hydrogen-bond donors (Lipinski definition) is 1. The van der Waals surface area contributed by atoms with Crippen LogP contribution in [0, 0.1) is 0 Å². The highest BCUT2D eigenvalue weighted by Crippen LogP contribution is 2.35. The molecular formula is C21H30N2OS. The zero-order chi connectivity index (χ0) is 17.1. The van der Waals surface area contributed by atoms with E-state index in [0.717, 1.165) is 44.8 Å². The lowest BCUT2D eigenvalue weighted by molar-refractivity contribution is -0.122. The number of likely N-dealkylation sites (tertiary alicyclic amines) is 1. The third-order valence-corrected chi connectivity index (χ3v) is 7.34. The van der Waals surface area contributed by atoms with Crippen LogP contribution in [0.4, 0.5) is 0 Å². The van der Waals surface area contributed by atoms with Crippen LogP contribution in [-0.2, 0) is 11.2 Å². The van der Waals surface area contributed by atoms with Crippen molar-refractivity contribution >= 4 is 17.7 Å². The summed E-state index contributed by atoms with van der Waals surface area (Å²) in [4.78, 5) is 15.2. The maximum atomic E-state index is 12.5. The average Bonchev–Trinajstić information content (AvgIpc) is 3.06. The molecule has 1 aliphatic carbocycles. The Morgan fingerprint density at radius 1 is 1.08 bits per heavy atom. The van der Waals surface area contributed by atoms with Gasteiger partial charge in [-0.25, -0.2) is 0 Å². The van der Waals surface area contributed by atoms with Crippen molar-refractivity contribution in [3.63, 3.8) is 0 Å². The topological polar surface area (TPSA) is 32.3 Å². The summed E-state index contributed by atoms with van der Waals surface area (Å²) in [6.07, 6.45) is 7.87. The third-order valence-electron chi connectivity index (χ3n) is 6.29. The minimum absolute atomic E-state index is 0.259. The molecule has 3 nitrogen and oxygen atoms in total. The van der Waals surface area contributed by atoms with Gasteiger partial charge in [-0.3, -0.25) is 4.79 Å². The summed E-state index contributed by atoms with van der Waals surface area (Å²) < 4.78 is 0. The van der Waals surface area contributed by atoms with Crippen molar-refractivity contribution in [2.24, 2.45) is 0 Å². The molecule has 0 spiro atoms. The standard InChI is InChI=1S/C21H30N2OS/c24-21(15-17-6-5-16-3-1-2-4-20(16)17)22-18-7-11-23(12-8-18)19-9-13-25-14-10-19/h1-4,17-19H,5-15H2,(H,22,24)/t17-/m1/s1. The molecule has 0 unspecified atom stereocenters. The molecule has 0 radical (unpaired) electrons. The van der Waals surface area contributed by atoms with Crippen molar-refractivity contribution in [3.05, 3.63) is 35.4 Å². The monoisotopic (exact) mass is 358 g/mol. The molecule has 0 aromatic heterocycles. The Morgan fingerprint density at radius 2 is 1.84 bits per heavy atom. The lowest BCUT2D eigenvalue weighted by Crippen LogP contribution is -2.48. The molecule has 0 saturated carbocycles. The van der Waals surface area contributed by atoms with Crippen LogP contribution in [0.1, 0.15) is 55.6 Å². The van der Waals surface area contributed by atoms with Crippen molar-refractivity contribution in [3.8, 4) is 0 Å². The first-order valence-electron chi connectivity index (χ1n) is 9.98. The van der Waals surface area contributed by atoms with Crippen molar-refractivity contribution in [2.75, 3.05) is 24.6 Å². The van der Waals surface area contributed by atoms with Gasteiger partial charge < -0.3 is 10.2 Å². The first-order chi connectivity index (χ1) is 12.3. The number of carbonyl (C=O) groups excluding carboxylic acids is 1. The number of nitrogens with zero attached hydrogens (tertiary/aromatic N) is 1. The van der Waals surface area contributed by atoms with Gasteiger partial charge in [-0.1, -0.05) is 24.3 Å². The van der Waals surface area contributed by atoms with Gasteiger partial charge in [0.25, 0.3) is 0 Å². The number of piperidine rings is 1. The van der Waals surface area contributed by atoms with Crippen LogP contribution in [0.2, 0.25) is 0 Å². The molecule has 1 aromatic carbocycles. The van der Waals surface area contributed by atoms with Crippen molar-refractivity contribution in [1.82, 2.24) is 10.2 Å². The fourth-order valence-corrected chi connectivity index (χ4v) is 5.91. The summed E-state index contributed by atoms with van der Waals surface area (Å²) in [6, 6.07) is 9.83. The number of fused-ring (bicyclic) bond motifs is 1. The van der Waals surface area contributed by atoms with E-state index in [9.17, 15) is 4.79 Å². The lowest BCUT2D eigenvalue weighted by atomic mass is 9.96. The highest BCUT2D eigenvalue weighted by atomic mass is 32.2. The van der Waals surface area contributed by atoms with E-state index in [1.54, 1.807) is 0 Å². The van der Waals surface area contributed by atoms with Crippen LogP contribution < -0.4 is 5.32 Å². The van der Waals surface area contributed by atoms with E-state index in [2.05, 4.69) is 46.2 Å². The molecule has 3 aliphatic rings. The molecule has 1 amide bonds. The molecule has 1 aromatic rings. The number of nitrogens with one attached hydrogen (secondary N) is 1. The summed E-state index contributed by atoms with van der Waals surface area (Å²) in [5, 5.41) is 3.33. The smallest absolute Gasteiger partial charge is 0.220 e. The molecular weight excluding hydrogens is 328 g/mol. The van der Waals surface area contributed by atoms with Crippen LogP contribution in [0.25, 0.3) is 0 Å². The Morgan fingerprint density at radius 3 is 2.64 bits per heavy atom. The summed E-state index contributed by atoms with van der Waals surface area (Å²) in [5.74, 6) is 3.33. The van der Waals surface area contributed by atoms with Crippen LogP contribution >= 0.6 is 11.8 Å². The second kappa shape index (κ2) is 8.13. The molecule has 4 rings (SSSR count). The van der Waals surface area contributed by atoms with Crippen LogP contribution in [-0.4, -0.2) is 47.5 Å². The van der Waals surface area contributed by atoms with Gasteiger partial charge in [-0.15, -0.1) is 0 Å². The van der Waals surface area contributed by atoms with Crippen LogP contribution in [0.3, 0.4) is 0 Å². The van der Waals surface area contributed by atoms with Crippen LogP contribution in [0.5, 0.6) is 0 Å². The summed E-state index contributed by atoms with van der Waals surface area (Å²) in [7, 11) is 0. The van der Waals surface area contributed by atoms with Gasteiger partial charge in [0.15, 0.2) is 0 Å². The molecule has 2 saturated heterocycles. The minimum Gasteiger partial charge on any atom is -0.353 e. The van der Waals surface area contributed by atoms with E-state index in [-0.39, 0.29) is 5.91 Å². The highest BCUT2D eigenvalue weighted by Gasteiger charge is 2.28. The molecule has 25 heavy (non-hydrogen) atoms. The summed E-state index contributed by atoms with van der Waals surface area (Å²) >= 11 is 2.10. The molecule has 2 heterocycles. The van der Waals surface area contributed by atoms with Crippen molar-refractivity contribution in [2.45, 2.75) is 62.9 Å². The van der Waals surface area contributed by atoms with E-state index in [1.165, 1.54) is 35.5 Å². The number of aryl methyl sites for hydroxylation is 1. The second-order valence-electron chi connectivity index (χ2n) is 7.86. The van der Waals surface area contributed by atoms with Gasteiger partial charge in [0, 0.05) is 31.6 Å². The number of rotatable bonds is 4. The fourth-order valence-electron chi connectivity index (χ4n) is 4.83. The van der Waals surface area contributed by atoms with Gasteiger partial charge in [-0.05, 0) is 67.1 Å². The molecule has 2 fully saturated rings. The molecule has 136 valence electrons. The Bertz CT molecular complexity index is 591. The predicted octanol–water partition coefficient (Wildman–Crippen LogP) is 3.58. The van der Waals surface area contributed by atoms with Crippen molar-refractivity contribution in [1.29, 1.82) is 0 Å². The van der Waals surface area contributed by atoms with Crippen molar-refractivity contribution < 1.29 is 4.79 Å². The number of benzene rings is 1. The summed E-state index contributed by atoms with van der Waals surface area (Å²) in [6.45, 7) is 2.32. The largest absolute Gasteiger partial charge is 0.353 e. The van der Waals surface area contributed by atoms with E-state index in [0.29, 0.717) is 18.4 Å². The molecule has 1 N–H and O–H groups in total. The molecule has 1 atom stereocenters. The first-order valence-corrected chi connectivity index (χ1v) is 11.1. The van der Waals surface area contributed by atoms with E-state index < -0.39 is 0 Å². The SMILES string of the molecule is O=C(C[C@H]1CCc2ccccc21)NC1CCN(C2CCSCC2)CC1. The number of hydrogen-bond acceptors (Lipinski definition) is 3. The third kappa shape index (κ3) is 4.22. The van der Waals surface area contributed by atoms with Gasteiger partial charge in [0.2, 0.25) is 5.91 Å². The molecule has 2 aliphatic heterocycles. The van der Waals surface area contributed by atoms with Gasteiger partial charge >= 0.3 is 0 Å². The van der Waals surface area contributed by atoms with Crippen LogP contribution in [0.15, 0.2) is 24.3 Å². The zero-order valence-corrected chi connectivity index (χ0v) is 15.9.